The van der Waals surface area contributed by atoms with E-state index in [0.29, 0.717) is 5.56 Å². The predicted molar refractivity (Wildman–Crippen MR) is 141 cm³/mol. The first kappa shape index (κ1) is 32.9. The van der Waals surface area contributed by atoms with E-state index in [1.165, 1.54) is 12.1 Å². The van der Waals surface area contributed by atoms with Crippen molar-refractivity contribution < 1.29 is 43.2 Å². The SMILES string of the molecule is CCCCCOC(=O)OC(C)CC(c1ccc(OC(=O)CC(C)C)c(OC(=O)CC(C)C)c1)[C@H](N)C(=O)O. The molecule has 0 aliphatic rings. The number of carboxylic acid groups (broad SMARTS) is 1. The minimum absolute atomic E-state index is 0.0169. The van der Waals surface area contributed by atoms with Crippen molar-refractivity contribution in [1.29, 1.82) is 0 Å². The molecule has 0 heterocycles. The molecule has 0 saturated heterocycles. The van der Waals surface area contributed by atoms with Crippen LogP contribution in [0.2, 0.25) is 0 Å². The Morgan fingerprint density at radius 3 is 2.00 bits per heavy atom. The molecule has 0 aliphatic heterocycles. The third-order valence-electron chi connectivity index (χ3n) is 5.56. The number of esters is 2. The van der Waals surface area contributed by atoms with E-state index < -0.39 is 42.1 Å². The van der Waals surface area contributed by atoms with Gasteiger partial charge < -0.3 is 29.8 Å². The van der Waals surface area contributed by atoms with Gasteiger partial charge in [-0.15, -0.1) is 0 Å². The lowest BCUT2D eigenvalue weighted by Crippen LogP contribution is -2.38. The lowest BCUT2D eigenvalue weighted by Gasteiger charge is -2.25. The van der Waals surface area contributed by atoms with Gasteiger partial charge in [-0.05, 0) is 49.3 Å². The number of carbonyl (C=O) groups excluding carboxylic acids is 3. The fourth-order valence-electron chi connectivity index (χ4n) is 3.69. The van der Waals surface area contributed by atoms with Gasteiger partial charge in [0, 0.05) is 18.8 Å². The van der Waals surface area contributed by atoms with Crippen molar-refractivity contribution in [3.8, 4) is 11.5 Å². The molecule has 2 unspecified atom stereocenters. The summed E-state index contributed by atoms with van der Waals surface area (Å²) in [4.78, 5) is 48.6. The number of carbonyl (C=O) groups is 4. The normalized spacial score (nSPS) is 13.5. The number of hydrogen-bond acceptors (Lipinski definition) is 9. The first-order valence-corrected chi connectivity index (χ1v) is 13.2. The highest BCUT2D eigenvalue weighted by atomic mass is 16.7. The van der Waals surface area contributed by atoms with E-state index in [4.69, 9.17) is 24.7 Å². The number of nitrogens with two attached hydrogens (primary N) is 1. The largest absolute Gasteiger partial charge is 0.508 e. The second-order valence-electron chi connectivity index (χ2n) is 10.3. The van der Waals surface area contributed by atoms with Crippen LogP contribution in [0.4, 0.5) is 4.79 Å². The van der Waals surface area contributed by atoms with Gasteiger partial charge in [0.05, 0.1) is 6.61 Å². The van der Waals surface area contributed by atoms with Crippen LogP contribution in [0.5, 0.6) is 11.5 Å². The van der Waals surface area contributed by atoms with Gasteiger partial charge in [0.2, 0.25) is 0 Å². The molecule has 38 heavy (non-hydrogen) atoms. The van der Waals surface area contributed by atoms with E-state index in [2.05, 4.69) is 0 Å². The Bertz CT molecular complexity index is 929. The standard InChI is InChI=1S/C28H43NO9/c1-7-8-9-12-35-28(34)36-19(6)15-21(26(29)27(32)33)20-10-11-22(37-24(30)13-17(2)3)23(16-20)38-25(31)14-18(4)5/h10-11,16-19,21,26H,7-9,12-15,29H2,1-6H3,(H,32,33)/t19?,21?,26-/m0/s1. The Balaban J connectivity index is 3.21. The molecule has 10 nitrogen and oxygen atoms in total. The van der Waals surface area contributed by atoms with Gasteiger partial charge in [0.25, 0.3) is 0 Å². The first-order valence-electron chi connectivity index (χ1n) is 13.2. The van der Waals surface area contributed by atoms with E-state index in [9.17, 15) is 24.3 Å². The van der Waals surface area contributed by atoms with Gasteiger partial charge in [-0.3, -0.25) is 14.4 Å². The number of hydrogen-bond donors (Lipinski definition) is 2. The fourth-order valence-corrected chi connectivity index (χ4v) is 3.69. The summed E-state index contributed by atoms with van der Waals surface area (Å²) in [5, 5.41) is 9.63. The van der Waals surface area contributed by atoms with Gasteiger partial charge in [-0.1, -0.05) is 53.5 Å². The van der Waals surface area contributed by atoms with Crippen molar-refractivity contribution in [2.45, 2.75) is 98.1 Å². The van der Waals surface area contributed by atoms with E-state index in [-0.39, 0.29) is 49.2 Å². The Kier molecular flexibility index (Phi) is 14.4. The summed E-state index contributed by atoms with van der Waals surface area (Å²) in [6, 6.07) is 3.09. The summed E-state index contributed by atoms with van der Waals surface area (Å²) < 4.78 is 21.3. The molecule has 0 spiro atoms. The second kappa shape index (κ2) is 16.7. The molecule has 3 N–H and O–H groups in total. The predicted octanol–water partition coefficient (Wildman–Crippen LogP) is 5.21. The Labute approximate surface area is 225 Å². The molecule has 0 aromatic heterocycles. The number of rotatable bonds is 16. The van der Waals surface area contributed by atoms with E-state index in [1.807, 2.05) is 34.6 Å². The highest BCUT2D eigenvalue weighted by Crippen LogP contribution is 2.35. The van der Waals surface area contributed by atoms with E-state index in [0.717, 1.165) is 19.3 Å². The summed E-state index contributed by atoms with van der Waals surface area (Å²) in [5.41, 5.74) is 6.43. The minimum Gasteiger partial charge on any atom is -0.480 e. The Morgan fingerprint density at radius 2 is 1.47 bits per heavy atom. The van der Waals surface area contributed by atoms with Crippen LogP contribution in [-0.4, -0.2) is 47.9 Å². The zero-order chi connectivity index (χ0) is 28.8. The zero-order valence-corrected chi connectivity index (χ0v) is 23.4. The first-order chi connectivity index (χ1) is 17.8. The van der Waals surface area contributed by atoms with Crippen molar-refractivity contribution >= 4 is 24.1 Å². The molecular formula is C28H43NO9. The van der Waals surface area contributed by atoms with Crippen molar-refractivity contribution in [1.82, 2.24) is 0 Å². The highest BCUT2D eigenvalue weighted by Gasteiger charge is 2.30. The third-order valence-corrected chi connectivity index (χ3v) is 5.56. The number of benzene rings is 1. The molecule has 0 radical (unpaired) electrons. The van der Waals surface area contributed by atoms with Crippen LogP contribution < -0.4 is 15.2 Å². The van der Waals surface area contributed by atoms with Gasteiger partial charge in [-0.25, -0.2) is 4.79 Å². The molecule has 0 saturated carbocycles. The summed E-state index contributed by atoms with van der Waals surface area (Å²) in [5.74, 6) is -2.98. The fraction of sp³-hybridized carbons (Fsp3) is 0.643. The molecule has 1 aromatic carbocycles. The summed E-state index contributed by atoms with van der Waals surface area (Å²) >= 11 is 0. The smallest absolute Gasteiger partial charge is 0.480 e. The van der Waals surface area contributed by atoms with Crippen LogP contribution in [-0.2, 0) is 23.9 Å². The minimum atomic E-state index is -1.35. The Morgan fingerprint density at radius 1 is 0.895 bits per heavy atom. The summed E-state index contributed by atoms with van der Waals surface area (Å²) in [6.07, 6.45) is 1.41. The number of carboxylic acids is 1. The van der Waals surface area contributed by atoms with Crippen molar-refractivity contribution in [2.24, 2.45) is 17.6 Å². The molecule has 0 fully saturated rings. The maximum Gasteiger partial charge on any atom is 0.508 e. The molecule has 3 atom stereocenters. The lowest BCUT2D eigenvalue weighted by atomic mass is 9.87. The molecule has 1 rings (SSSR count). The van der Waals surface area contributed by atoms with Crippen LogP contribution in [0.25, 0.3) is 0 Å². The van der Waals surface area contributed by atoms with Crippen LogP contribution >= 0.6 is 0 Å². The van der Waals surface area contributed by atoms with Crippen LogP contribution in [0.3, 0.4) is 0 Å². The third kappa shape index (κ3) is 12.4. The molecule has 1 aromatic rings. The number of ether oxygens (including phenoxy) is 4. The van der Waals surface area contributed by atoms with Gasteiger partial charge in [-0.2, -0.15) is 0 Å². The second-order valence-corrected chi connectivity index (χ2v) is 10.3. The lowest BCUT2D eigenvalue weighted by molar-refractivity contribution is -0.139. The van der Waals surface area contributed by atoms with Crippen LogP contribution in [0, 0.1) is 11.8 Å². The maximum absolute atomic E-state index is 12.4. The number of unbranched alkanes of at least 4 members (excludes halogenated alkanes) is 2. The molecule has 0 amide bonds. The van der Waals surface area contributed by atoms with Crippen molar-refractivity contribution in [3.63, 3.8) is 0 Å². The topological polar surface area (TPSA) is 151 Å². The highest BCUT2D eigenvalue weighted by molar-refractivity contribution is 5.77. The quantitative estimate of drug-likeness (QED) is 0.163. The van der Waals surface area contributed by atoms with Crippen molar-refractivity contribution in [2.75, 3.05) is 6.61 Å². The monoisotopic (exact) mass is 537 g/mol. The Hall–Kier alpha value is -3.14. The van der Waals surface area contributed by atoms with Gasteiger partial charge in [0.1, 0.15) is 12.1 Å². The molecule has 0 aliphatic carbocycles. The average Bonchev–Trinajstić information content (AvgIpc) is 2.80. The molecule has 0 bridgehead atoms. The maximum atomic E-state index is 12.4. The van der Waals surface area contributed by atoms with Crippen LogP contribution in [0.1, 0.15) is 91.5 Å². The van der Waals surface area contributed by atoms with Crippen LogP contribution in [0.15, 0.2) is 18.2 Å². The summed E-state index contributed by atoms with van der Waals surface area (Å²) in [7, 11) is 0. The number of aliphatic carboxylic acids is 1. The molecular weight excluding hydrogens is 494 g/mol. The van der Waals surface area contributed by atoms with E-state index in [1.54, 1.807) is 13.0 Å². The molecule has 10 heteroatoms. The van der Waals surface area contributed by atoms with Gasteiger partial charge >= 0.3 is 24.1 Å². The summed E-state index contributed by atoms with van der Waals surface area (Å²) in [6.45, 7) is 11.3. The van der Waals surface area contributed by atoms with Crippen molar-refractivity contribution in [3.05, 3.63) is 23.8 Å². The van der Waals surface area contributed by atoms with Gasteiger partial charge in [0.15, 0.2) is 11.5 Å². The average molecular weight is 538 g/mol. The molecule has 214 valence electrons. The van der Waals surface area contributed by atoms with E-state index >= 15 is 0 Å². The zero-order valence-electron chi connectivity index (χ0n) is 23.4.